The lowest BCUT2D eigenvalue weighted by Crippen LogP contribution is -2.21. The van der Waals surface area contributed by atoms with Gasteiger partial charge in [0.1, 0.15) is 23.8 Å². The number of aromatic nitrogens is 1. The molecule has 1 aromatic heterocycles. The second-order valence-corrected chi connectivity index (χ2v) is 14.6. The molecular weight excluding hydrogens is 450 g/mol. The van der Waals surface area contributed by atoms with Crippen LogP contribution in [0.4, 0.5) is 0 Å². The van der Waals surface area contributed by atoms with Crippen LogP contribution in [-0.2, 0) is 16.2 Å². The number of ether oxygens (including phenoxy) is 3. The van der Waals surface area contributed by atoms with Gasteiger partial charge in [0.2, 0.25) is 0 Å². The van der Waals surface area contributed by atoms with E-state index in [-0.39, 0.29) is 0 Å². The molecule has 0 amide bonds. The number of carbonyl (C=O) groups excluding carboxylic acids is 1. The Balaban J connectivity index is 1.75. The summed E-state index contributed by atoms with van der Waals surface area (Å²) in [5, 5.41) is 1.05. The third-order valence-corrected chi connectivity index (χ3v) is 6.74. The molecule has 0 spiro atoms. The number of methoxy groups -OCH3 is 1. The first-order chi connectivity index (χ1) is 13.8. The molecule has 2 aromatic carbocycles. The first-order valence-corrected chi connectivity index (χ1v) is 14.0. The normalized spacial score (nSPS) is 11.6. The molecule has 154 valence electrons. The minimum absolute atomic E-state index is 0.379. The lowest BCUT2D eigenvalue weighted by Gasteiger charge is -2.16. The molecule has 0 bridgehead atoms. The Kier molecular flexibility index (Phi) is 6.82. The van der Waals surface area contributed by atoms with E-state index in [1.54, 1.807) is 18.2 Å². The maximum Gasteiger partial charge on any atom is 0.341 e. The molecule has 0 fully saturated rings. The Morgan fingerprint density at radius 3 is 2.62 bits per heavy atom. The predicted molar refractivity (Wildman–Crippen MR) is 122 cm³/mol. The summed E-state index contributed by atoms with van der Waals surface area (Å²) in [5.74, 6) is 0.660. The van der Waals surface area contributed by atoms with Crippen molar-refractivity contribution in [3.05, 3.63) is 58.7 Å². The molecule has 0 radical (unpaired) electrons. The number of halogens is 1. The molecule has 5 nitrogen and oxygen atoms in total. The Labute approximate surface area is 180 Å². The summed E-state index contributed by atoms with van der Waals surface area (Å²) in [6, 6.07) is 14.3. The van der Waals surface area contributed by atoms with Gasteiger partial charge >= 0.3 is 5.97 Å². The molecule has 0 atom stereocenters. The molecule has 0 aliphatic rings. The molecule has 3 rings (SSSR count). The summed E-state index contributed by atoms with van der Waals surface area (Å²) in [7, 11) is 0.271. The topological polar surface area (TPSA) is 49.7 Å². The first kappa shape index (κ1) is 21.6. The molecule has 29 heavy (non-hydrogen) atoms. The zero-order chi connectivity index (χ0) is 21.0. The molecule has 1 heterocycles. The highest BCUT2D eigenvalue weighted by Crippen LogP contribution is 2.31. The number of hydrogen-bond acceptors (Lipinski definition) is 4. The van der Waals surface area contributed by atoms with Gasteiger partial charge in [-0.1, -0.05) is 35.6 Å². The Morgan fingerprint density at radius 1 is 1.10 bits per heavy atom. The molecule has 3 aromatic rings. The van der Waals surface area contributed by atoms with Gasteiger partial charge in [0, 0.05) is 30.7 Å². The van der Waals surface area contributed by atoms with E-state index < -0.39 is 14.0 Å². The van der Waals surface area contributed by atoms with Crippen LogP contribution < -0.4 is 4.74 Å². The van der Waals surface area contributed by atoms with Crippen molar-refractivity contribution in [3.63, 3.8) is 0 Å². The fourth-order valence-electron chi connectivity index (χ4n) is 2.88. The van der Waals surface area contributed by atoms with Gasteiger partial charge in [0.15, 0.2) is 0 Å². The lowest BCUT2D eigenvalue weighted by molar-refractivity contribution is 0.0598. The van der Waals surface area contributed by atoms with Gasteiger partial charge in [0.05, 0.1) is 12.6 Å². The SMILES string of the molecule is COC(=O)c1ccc(Br)cc1Oc1ccc2c(ccn2COCC[Si](C)(C)C)c1. The van der Waals surface area contributed by atoms with Crippen LogP contribution in [0.1, 0.15) is 10.4 Å². The van der Waals surface area contributed by atoms with E-state index in [1.807, 2.05) is 30.5 Å². The number of fused-ring (bicyclic) bond motifs is 1. The van der Waals surface area contributed by atoms with E-state index in [1.165, 1.54) is 7.11 Å². The van der Waals surface area contributed by atoms with Crippen LogP contribution in [0.3, 0.4) is 0 Å². The Bertz CT molecular complexity index is 1010. The number of hydrogen-bond donors (Lipinski definition) is 0. The molecule has 0 aliphatic heterocycles. The molecular formula is C22H26BrNO4Si. The number of nitrogens with zero attached hydrogens (tertiary/aromatic N) is 1. The quantitative estimate of drug-likeness (QED) is 0.218. The summed E-state index contributed by atoms with van der Waals surface area (Å²) in [6.07, 6.45) is 2.02. The highest BCUT2D eigenvalue weighted by molar-refractivity contribution is 9.10. The van der Waals surface area contributed by atoms with E-state index in [9.17, 15) is 4.79 Å². The van der Waals surface area contributed by atoms with Crippen LogP contribution in [0.25, 0.3) is 10.9 Å². The maximum atomic E-state index is 12.0. The number of carbonyl (C=O) groups is 1. The highest BCUT2D eigenvalue weighted by atomic mass is 79.9. The molecule has 0 N–H and O–H groups in total. The van der Waals surface area contributed by atoms with E-state index in [4.69, 9.17) is 14.2 Å². The second-order valence-electron chi connectivity index (χ2n) is 8.09. The average molecular weight is 476 g/mol. The zero-order valence-corrected chi connectivity index (χ0v) is 19.8. The van der Waals surface area contributed by atoms with Crippen molar-refractivity contribution in [1.29, 1.82) is 0 Å². The third kappa shape index (κ3) is 5.71. The smallest absolute Gasteiger partial charge is 0.341 e. The van der Waals surface area contributed by atoms with Crippen molar-refractivity contribution in [2.24, 2.45) is 0 Å². The maximum absolute atomic E-state index is 12.0. The van der Waals surface area contributed by atoms with Gasteiger partial charge in [-0.3, -0.25) is 0 Å². The average Bonchev–Trinajstić information content (AvgIpc) is 3.06. The molecule has 0 aliphatic carbocycles. The predicted octanol–water partition coefficient (Wildman–Crippen LogP) is 6.30. The summed E-state index contributed by atoms with van der Waals surface area (Å²) in [6.45, 7) is 8.36. The van der Waals surface area contributed by atoms with Gasteiger partial charge in [-0.05, 0) is 48.5 Å². The standard InChI is InChI=1S/C22H26BrNO4Si/c1-26-22(25)19-7-5-17(23)14-21(19)28-18-6-8-20-16(13-18)9-10-24(20)15-27-11-12-29(2,3)4/h5-10,13-14H,11-12,15H2,1-4H3. The van der Waals surface area contributed by atoms with Crippen molar-refractivity contribution >= 4 is 40.9 Å². The van der Waals surface area contributed by atoms with Crippen LogP contribution in [-0.4, -0.2) is 32.3 Å². The van der Waals surface area contributed by atoms with E-state index >= 15 is 0 Å². The van der Waals surface area contributed by atoms with Crippen LogP contribution in [0.5, 0.6) is 11.5 Å². The summed E-state index contributed by atoms with van der Waals surface area (Å²) < 4.78 is 19.6. The summed E-state index contributed by atoms with van der Waals surface area (Å²) >= 11 is 3.42. The van der Waals surface area contributed by atoms with Gasteiger partial charge in [0.25, 0.3) is 0 Å². The van der Waals surface area contributed by atoms with Gasteiger partial charge in [-0.2, -0.15) is 0 Å². The molecule has 0 saturated carbocycles. The first-order valence-electron chi connectivity index (χ1n) is 9.49. The Hall–Kier alpha value is -2.09. The van der Waals surface area contributed by atoms with Gasteiger partial charge < -0.3 is 18.8 Å². The van der Waals surface area contributed by atoms with Crippen LogP contribution in [0, 0.1) is 0 Å². The number of rotatable bonds is 8. The molecule has 0 unspecified atom stereocenters. The van der Waals surface area contributed by atoms with Crippen molar-refractivity contribution in [2.75, 3.05) is 13.7 Å². The van der Waals surface area contributed by atoms with Gasteiger partial charge in [-0.25, -0.2) is 4.79 Å². The highest BCUT2D eigenvalue weighted by Gasteiger charge is 2.15. The number of esters is 1. The van der Waals surface area contributed by atoms with Crippen LogP contribution in [0.15, 0.2) is 53.1 Å². The van der Waals surface area contributed by atoms with Crippen LogP contribution >= 0.6 is 15.9 Å². The molecule has 7 heteroatoms. The zero-order valence-electron chi connectivity index (χ0n) is 17.2. The van der Waals surface area contributed by atoms with Crippen molar-refractivity contribution in [3.8, 4) is 11.5 Å². The summed E-state index contributed by atoms with van der Waals surface area (Å²) in [5.41, 5.74) is 1.46. The summed E-state index contributed by atoms with van der Waals surface area (Å²) in [4.78, 5) is 12.0. The van der Waals surface area contributed by atoms with Crippen molar-refractivity contribution in [2.45, 2.75) is 32.4 Å². The minimum Gasteiger partial charge on any atom is -0.465 e. The minimum atomic E-state index is -1.08. The fourth-order valence-corrected chi connectivity index (χ4v) is 3.98. The second kappa shape index (κ2) is 9.15. The Morgan fingerprint density at radius 2 is 1.90 bits per heavy atom. The van der Waals surface area contributed by atoms with E-state index in [0.29, 0.717) is 23.8 Å². The number of benzene rings is 2. The van der Waals surface area contributed by atoms with Crippen molar-refractivity contribution in [1.82, 2.24) is 4.57 Å². The van der Waals surface area contributed by atoms with E-state index in [0.717, 1.165) is 28.0 Å². The third-order valence-electron chi connectivity index (χ3n) is 4.55. The lowest BCUT2D eigenvalue weighted by atomic mass is 10.2. The monoisotopic (exact) mass is 475 g/mol. The fraction of sp³-hybridized carbons (Fsp3) is 0.318. The van der Waals surface area contributed by atoms with Gasteiger partial charge in [-0.15, -0.1) is 0 Å². The molecule has 0 saturated heterocycles. The van der Waals surface area contributed by atoms with E-state index in [2.05, 4.69) is 40.1 Å². The largest absolute Gasteiger partial charge is 0.465 e. The van der Waals surface area contributed by atoms with Crippen LogP contribution in [0.2, 0.25) is 25.7 Å². The van der Waals surface area contributed by atoms with Crippen molar-refractivity contribution < 1.29 is 19.0 Å².